The molecule has 1 fully saturated rings. The molecule has 0 aromatic rings. The van der Waals surface area contributed by atoms with E-state index in [0.717, 1.165) is 37.9 Å². The molecule has 30 heavy (non-hydrogen) atoms. The highest BCUT2D eigenvalue weighted by Gasteiger charge is 2.24. The second-order valence-electron chi connectivity index (χ2n) is 10.4. The van der Waals surface area contributed by atoms with Crippen molar-refractivity contribution < 1.29 is 18.9 Å². The Morgan fingerprint density at radius 2 is 0.867 bits per heavy atom. The largest absolute Gasteiger partial charge is 0.376 e. The van der Waals surface area contributed by atoms with Gasteiger partial charge in [0.25, 0.3) is 0 Å². The molecule has 1 aliphatic carbocycles. The summed E-state index contributed by atoms with van der Waals surface area (Å²) in [5, 5.41) is 0. The average Bonchev–Trinajstić information content (AvgIpc) is 2.66. The molecule has 0 aromatic carbocycles. The highest BCUT2D eigenvalue weighted by molar-refractivity contribution is 4.75. The van der Waals surface area contributed by atoms with E-state index in [1.165, 1.54) is 38.5 Å². The van der Waals surface area contributed by atoms with Crippen LogP contribution in [0.15, 0.2) is 0 Å². The van der Waals surface area contributed by atoms with E-state index >= 15 is 0 Å². The third-order valence-electron chi connectivity index (χ3n) is 5.92. The summed E-state index contributed by atoms with van der Waals surface area (Å²) in [5.74, 6) is 1.70. The lowest BCUT2D eigenvalue weighted by molar-refractivity contribution is -0.0654. The summed E-state index contributed by atoms with van der Waals surface area (Å²) in [4.78, 5) is 0. The minimum atomic E-state index is 0.236. The maximum absolute atomic E-state index is 6.10. The Balaban J connectivity index is 2.31. The molecule has 0 aromatic heterocycles. The van der Waals surface area contributed by atoms with Crippen LogP contribution in [-0.4, -0.2) is 49.8 Å². The Labute approximate surface area is 187 Å². The summed E-state index contributed by atoms with van der Waals surface area (Å²) in [6, 6.07) is 0. The van der Waals surface area contributed by atoms with Crippen LogP contribution in [0.3, 0.4) is 0 Å². The van der Waals surface area contributed by atoms with E-state index in [2.05, 4.69) is 55.4 Å². The molecule has 0 spiro atoms. The Morgan fingerprint density at radius 1 is 0.533 bits per heavy atom. The molecule has 0 amide bonds. The zero-order chi connectivity index (χ0) is 22.5. The van der Waals surface area contributed by atoms with Crippen LogP contribution in [0.1, 0.15) is 107 Å². The Hall–Kier alpha value is -0.160. The Bertz CT molecular complexity index is 362. The lowest BCUT2D eigenvalue weighted by atomic mass is 9.78. The van der Waals surface area contributed by atoms with Crippen LogP contribution in [0.2, 0.25) is 0 Å². The summed E-state index contributed by atoms with van der Waals surface area (Å²) in [5.41, 5.74) is 0. The second kappa shape index (κ2) is 15.6. The van der Waals surface area contributed by atoms with Gasteiger partial charge in [-0.1, -0.05) is 25.7 Å². The van der Waals surface area contributed by atoms with Crippen LogP contribution in [0, 0.1) is 11.8 Å². The van der Waals surface area contributed by atoms with Gasteiger partial charge in [0, 0.05) is 0 Å². The highest BCUT2D eigenvalue weighted by atomic mass is 16.5. The number of hydrogen-bond donors (Lipinski definition) is 0. The van der Waals surface area contributed by atoms with Crippen LogP contribution in [0.25, 0.3) is 0 Å². The zero-order valence-corrected chi connectivity index (χ0v) is 21.3. The van der Waals surface area contributed by atoms with Gasteiger partial charge in [-0.2, -0.15) is 0 Å². The molecule has 1 aliphatic rings. The fraction of sp³-hybridized carbons (Fsp3) is 1.00. The van der Waals surface area contributed by atoms with Crippen molar-refractivity contribution in [3.8, 4) is 0 Å². The van der Waals surface area contributed by atoms with Gasteiger partial charge in [-0.15, -0.1) is 0 Å². The predicted octanol–water partition coefficient (Wildman–Crippen LogP) is 6.79. The molecule has 0 radical (unpaired) electrons. The number of hydrogen-bond acceptors (Lipinski definition) is 4. The van der Waals surface area contributed by atoms with Crippen molar-refractivity contribution >= 4 is 0 Å². The minimum absolute atomic E-state index is 0.236. The minimum Gasteiger partial charge on any atom is -0.376 e. The van der Waals surface area contributed by atoms with Gasteiger partial charge in [0.2, 0.25) is 0 Å². The number of ether oxygens (including phenoxy) is 4. The van der Waals surface area contributed by atoms with E-state index in [4.69, 9.17) is 18.9 Å². The molecule has 1 rings (SSSR count). The smallest absolute Gasteiger partial charge is 0.0812 e. The summed E-state index contributed by atoms with van der Waals surface area (Å²) in [6.45, 7) is 18.3. The summed E-state index contributed by atoms with van der Waals surface area (Å²) >= 11 is 0. The third-order valence-corrected chi connectivity index (χ3v) is 5.92. The molecule has 4 nitrogen and oxygen atoms in total. The van der Waals surface area contributed by atoms with Crippen LogP contribution < -0.4 is 0 Å². The van der Waals surface area contributed by atoms with Crippen molar-refractivity contribution in [2.75, 3.05) is 13.2 Å². The van der Waals surface area contributed by atoms with E-state index in [1.807, 2.05) is 0 Å². The first-order valence-corrected chi connectivity index (χ1v) is 12.7. The van der Waals surface area contributed by atoms with Crippen molar-refractivity contribution in [3.63, 3.8) is 0 Å². The van der Waals surface area contributed by atoms with E-state index in [9.17, 15) is 0 Å². The topological polar surface area (TPSA) is 36.9 Å². The molecule has 0 heterocycles. The first kappa shape index (κ1) is 27.9. The Morgan fingerprint density at radius 3 is 1.13 bits per heavy atom. The molecule has 180 valence electrons. The SMILES string of the molecule is CC(C)OCC(CCC1CCC(CCC(COC(C)C)OC(C)C)CC1)OC(C)C. The Kier molecular flexibility index (Phi) is 14.5. The lowest BCUT2D eigenvalue weighted by Crippen LogP contribution is -2.27. The van der Waals surface area contributed by atoms with Crippen LogP contribution >= 0.6 is 0 Å². The average molecular weight is 429 g/mol. The first-order valence-electron chi connectivity index (χ1n) is 12.7. The third kappa shape index (κ3) is 14.0. The molecule has 1 saturated carbocycles. The van der Waals surface area contributed by atoms with Gasteiger partial charge in [-0.25, -0.2) is 0 Å². The van der Waals surface area contributed by atoms with Crippen molar-refractivity contribution in [2.24, 2.45) is 11.8 Å². The van der Waals surface area contributed by atoms with Crippen molar-refractivity contribution in [1.82, 2.24) is 0 Å². The fourth-order valence-electron chi connectivity index (χ4n) is 4.40. The fourth-order valence-corrected chi connectivity index (χ4v) is 4.40. The van der Waals surface area contributed by atoms with Crippen molar-refractivity contribution in [3.05, 3.63) is 0 Å². The van der Waals surface area contributed by atoms with E-state index in [-0.39, 0.29) is 36.6 Å². The summed E-state index contributed by atoms with van der Waals surface area (Å²) in [7, 11) is 0. The van der Waals surface area contributed by atoms with Crippen LogP contribution in [0.4, 0.5) is 0 Å². The molecule has 4 heteroatoms. The maximum atomic E-state index is 6.10. The van der Waals surface area contributed by atoms with Gasteiger partial charge >= 0.3 is 0 Å². The molecule has 2 atom stereocenters. The molecular weight excluding hydrogens is 376 g/mol. The van der Waals surface area contributed by atoms with Crippen LogP contribution in [-0.2, 0) is 18.9 Å². The van der Waals surface area contributed by atoms with Gasteiger partial charge in [0.15, 0.2) is 0 Å². The monoisotopic (exact) mass is 428 g/mol. The molecule has 0 N–H and O–H groups in total. The quantitative estimate of drug-likeness (QED) is 0.271. The van der Waals surface area contributed by atoms with E-state index in [0.29, 0.717) is 0 Å². The normalized spacial score (nSPS) is 22.4. The molecule has 0 saturated heterocycles. The van der Waals surface area contributed by atoms with Gasteiger partial charge in [0.05, 0.1) is 49.8 Å². The molecule has 0 aliphatic heterocycles. The highest BCUT2D eigenvalue weighted by Crippen LogP contribution is 2.35. The van der Waals surface area contributed by atoms with E-state index < -0.39 is 0 Å². The zero-order valence-electron chi connectivity index (χ0n) is 21.3. The lowest BCUT2D eigenvalue weighted by Gasteiger charge is -2.31. The van der Waals surface area contributed by atoms with Gasteiger partial charge in [-0.3, -0.25) is 0 Å². The maximum Gasteiger partial charge on any atom is 0.0812 e. The van der Waals surface area contributed by atoms with Gasteiger partial charge in [0.1, 0.15) is 0 Å². The molecule has 2 unspecified atom stereocenters. The first-order chi connectivity index (χ1) is 14.2. The van der Waals surface area contributed by atoms with E-state index in [1.54, 1.807) is 0 Å². The van der Waals surface area contributed by atoms with Crippen molar-refractivity contribution in [2.45, 2.75) is 143 Å². The summed E-state index contributed by atoms with van der Waals surface area (Å²) < 4.78 is 23.9. The summed E-state index contributed by atoms with van der Waals surface area (Å²) in [6.07, 6.45) is 11.8. The van der Waals surface area contributed by atoms with Crippen LogP contribution in [0.5, 0.6) is 0 Å². The number of rotatable bonds is 16. The predicted molar refractivity (Wildman–Crippen MR) is 126 cm³/mol. The van der Waals surface area contributed by atoms with Gasteiger partial charge < -0.3 is 18.9 Å². The second-order valence-corrected chi connectivity index (χ2v) is 10.4. The molecule has 0 bridgehead atoms. The van der Waals surface area contributed by atoms with Crippen molar-refractivity contribution in [1.29, 1.82) is 0 Å². The standard InChI is InChI=1S/C26H52O4/c1-19(2)27-17-25(29-21(5)6)15-13-23-9-11-24(12-10-23)14-16-26(30-22(7)8)18-28-20(3)4/h19-26H,9-18H2,1-8H3. The molecular formula is C26H52O4. The van der Waals surface area contributed by atoms with Gasteiger partial charge in [-0.05, 0) is 92.9 Å².